The van der Waals surface area contributed by atoms with Gasteiger partial charge in [0.25, 0.3) is 0 Å². The Bertz CT molecular complexity index is 1510. The van der Waals surface area contributed by atoms with Gasteiger partial charge in [-0.05, 0) is 75.9 Å². The van der Waals surface area contributed by atoms with E-state index in [2.05, 4.69) is 53.2 Å². The summed E-state index contributed by atoms with van der Waals surface area (Å²) in [5.74, 6) is 2.22. The Kier molecular flexibility index (Phi) is 6.53. The van der Waals surface area contributed by atoms with Crippen LogP contribution in [0.2, 0.25) is 0 Å². The van der Waals surface area contributed by atoms with Crippen molar-refractivity contribution in [3.8, 4) is 11.5 Å². The number of hydrogen-bond donors (Lipinski definition) is 2. The molecule has 2 aliphatic rings. The van der Waals surface area contributed by atoms with Crippen LogP contribution in [0.25, 0.3) is 10.9 Å². The molecule has 3 heterocycles. The second-order valence-corrected chi connectivity index (χ2v) is 11.4. The van der Waals surface area contributed by atoms with Crippen molar-refractivity contribution in [1.29, 1.82) is 0 Å². The number of aromatic nitrogens is 3. The molecular weight excluding hydrogens is 502 g/mol. The Hall–Kier alpha value is -3.91. The van der Waals surface area contributed by atoms with Crippen LogP contribution in [0.15, 0.2) is 60.8 Å². The summed E-state index contributed by atoms with van der Waals surface area (Å²) in [6.07, 6.45) is 7.82. The van der Waals surface area contributed by atoms with E-state index < -0.39 is 5.41 Å². The summed E-state index contributed by atoms with van der Waals surface area (Å²) in [6, 6.07) is 18.5. The number of rotatable bonds is 8. The Balaban J connectivity index is 1.55. The second kappa shape index (κ2) is 9.93. The fraction of sp³-hybridized carbons (Fsp3) is 0.406. The molecule has 2 fully saturated rings. The van der Waals surface area contributed by atoms with Gasteiger partial charge >= 0.3 is 0 Å². The molecule has 1 aliphatic carbocycles. The number of nitrogens with two attached hydrogens (primary N) is 1. The fourth-order valence-electron chi connectivity index (χ4n) is 7.15. The monoisotopic (exact) mass is 539 g/mol. The molecule has 8 nitrogen and oxygen atoms in total. The zero-order valence-electron chi connectivity index (χ0n) is 23.4. The standard InChI is InChI=1S/C32H37N5O3/c1-30(27-11-7-16-34-27,29-35-24-20-26(40-3)25(39-2)19-23(24)28(33)36-29)32(22-9-5-4-6-10-22)14-17-37(18-15-32)31(21-38)12-8-13-31/h4-7,9-11,16,19-21,34H,8,12-15,17-18H2,1-3H3,(H2,33,35,36). The van der Waals surface area contributed by atoms with Crippen molar-refractivity contribution in [2.24, 2.45) is 0 Å². The van der Waals surface area contributed by atoms with Gasteiger partial charge in [-0.2, -0.15) is 0 Å². The van der Waals surface area contributed by atoms with E-state index in [-0.39, 0.29) is 11.0 Å². The Labute approximate surface area is 234 Å². The highest BCUT2D eigenvalue weighted by Crippen LogP contribution is 2.55. The van der Waals surface area contributed by atoms with Crippen LogP contribution in [-0.4, -0.2) is 59.0 Å². The number of carbonyl (C=O) groups is 1. The molecule has 40 heavy (non-hydrogen) atoms. The van der Waals surface area contributed by atoms with Gasteiger partial charge in [0.2, 0.25) is 0 Å². The normalized spacial score (nSPS) is 19.9. The zero-order chi connectivity index (χ0) is 28.0. The lowest BCUT2D eigenvalue weighted by Crippen LogP contribution is -2.62. The maximum Gasteiger partial charge on any atom is 0.162 e. The SMILES string of the molecule is COc1cc2nc(C(C)(c3ccc[nH]3)C3(c4ccccc4)CCN(C4(C=O)CCC4)CC3)nc(N)c2cc1OC. The first kappa shape index (κ1) is 26.3. The van der Waals surface area contributed by atoms with Crippen LogP contribution in [-0.2, 0) is 15.6 Å². The summed E-state index contributed by atoms with van der Waals surface area (Å²) in [6.45, 7) is 3.87. The van der Waals surface area contributed by atoms with Crippen LogP contribution >= 0.6 is 0 Å². The van der Waals surface area contributed by atoms with Crippen molar-refractivity contribution in [3.05, 3.63) is 77.9 Å². The third kappa shape index (κ3) is 3.80. The summed E-state index contributed by atoms with van der Waals surface area (Å²) < 4.78 is 11.1. The highest BCUT2D eigenvalue weighted by atomic mass is 16.5. The van der Waals surface area contributed by atoms with Crippen molar-refractivity contribution in [2.45, 2.75) is 55.4 Å². The van der Waals surface area contributed by atoms with E-state index in [1.807, 2.05) is 24.4 Å². The minimum Gasteiger partial charge on any atom is -0.493 e. The lowest BCUT2D eigenvalue weighted by molar-refractivity contribution is -0.126. The van der Waals surface area contributed by atoms with Gasteiger partial charge in [0.15, 0.2) is 11.5 Å². The molecule has 6 rings (SSSR count). The lowest BCUT2D eigenvalue weighted by atomic mass is 9.54. The van der Waals surface area contributed by atoms with Crippen molar-refractivity contribution in [2.75, 3.05) is 33.0 Å². The molecule has 1 unspecified atom stereocenters. The molecular formula is C32H37N5O3. The van der Waals surface area contributed by atoms with Crippen LogP contribution in [0, 0.1) is 0 Å². The van der Waals surface area contributed by atoms with Crippen LogP contribution in [0.5, 0.6) is 11.5 Å². The highest BCUT2D eigenvalue weighted by Gasteiger charge is 2.57. The van der Waals surface area contributed by atoms with Crippen LogP contribution in [0.1, 0.15) is 56.1 Å². The molecule has 1 aliphatic heterocycles. The minimum atomic E-state index is -0.659. The third-order valence-electron chi connectivity index (χ3n) is 9.78. The number of H-pyrrole nitrogens is 1. The van der Waals surface area contributed by atoms with Crippen molar-refractivity contribution < 1.29 is 14.3 Å². The number of carbonyl (C=O) groups excluding carboxylic acids is 1. The number of aromatic amines is 1. The average Bonchev–Trinajstić information content (AvgIpc) is 3.52. The number of nitrogens with zero attached hydrogens (tertiary/aromatic N) is 3. The predicted octanol–water partition coefficient (Wildman–Crippen LogP) is 5.02. The zero-order valence-corrected chi connectivity index (χ0v) is 23.4. The van der Waals surface area contributed by atoms with E-state index in [9.17, 15) is 4.79 Å². The van der Waals surface area contributed by atoms with Crippen molar-refractivity contribution in [3.63, 3.8) is 0 Å². The number of nitrogens with one attached hydrogen (secondary N) is 1. The van der Waals surface area contributed by atoms with Gasteiger partial charge < -0.3 is 25.0 Å². The van der Waals surface area contributed by atoms with E-state index in [0.717, 1.165) is 56.3 Å². The van der Waals surface area contributed by atoms with Gasteiger partial charge in [0, 0.05) is 28.8 Å². The number of aldehydes is 1. The number of piperidine rings is 1. The summed E-state index contributed by atoms with van der Waals surface area (Å²) in [4.78, 5) is 28.3. The summed E-state index contributed by atoms with van der Waals surface area (Å²) in [7, 11) is 3.22. The highest BCUT2D eigenvalue weighted by molar-refractivity contribution is 5.91. The van der Waals surface area contributed by atoms with E-state index in [1.165, 1.54) is 11.8 Å². The molecule has 0 bridgehead atoms. The number of hydrogen-bond acceptors (Lipinski definition) is 7. The Morgan fingerprint density at radius 3 is 2.25 bits per heavy atom. The van der Waals surface area contributed by atoms with E-state index in [4.69, 9.17) is 25.2 Å². The molecule has 1 saturated carbocycles. The van der Waals surface area contributed by atoms with E-state index >= 15 is 0 Å². The second-order valence-electron chi connectivity index (χ2n) is 11.4. The number of fused-ring (bicyclic) bond motifs is 1. The van der Waals surface area contributed by atoms with Crippen molar-refractivity contribution in [1.82, 2.24) is 19.9 Å². The smallest absolute Gasteiger partial charge is 0.162 e. The van der Waals surface area contributed by atoms with Crippen LogP contribution in [0.3, 0.4) is 0 Å². The van der Waals surface area contributed by atoms with E-state index in [1.54, 1.807) is 14.2 Å². The molecule has 4 aromatic rings. The largest absolute Gasteiger partial charge is 0.493 e. The van der Waals surface area contributed by atoms with E-state index in [0.29, 0.717) is 28.7 Å². The topological polar surface area (TPSA) is 106 Å². The number of ether oxygens (including phenoxy) is 2. The van der Waals surface area contributed by atoms with Gasteiger partial charge in [-0.25, -0.2) is 9.97 Å². The molecule has 8 heteroatoms. The van der Waals surface area contributed by atoms with Crippen LogP contribution in [0.4, 0.5) is 5.82 Å². The Morgan fingerprint density at radius 1 is 0.975 bits per heavy atom. The number of benzene rings is 2. The van der Waals surface area contributed by atoms with Crippen LogP contribution < -0.4 is 15.2 Å². The predicted molar refractivity (Wildman–Crippen MR) is 156 cm³/mol. The maximum absolute atomic E-state index is 12.2. The van der Waals surface area contributed by atoms with Gasteiger partial charge in [-0.3, -0.25) is 4.90 Å². The summed E-state index contributed by atoms with van der Waals surface area (Å²) in [5.41, 5.74) is 8.28. The first-order chi connectivity index (χ1) is 19.4. The number of anilines is 1. The summed E-state index contributed by atoms with van der Waals surface area (Å²) >= 11 is 0. The molecule has 0 amide bonds. The minimum absolute atomic E-state index is 0.314. The first-order valence-electron chi connectivity index (χ1n) is 14.0. The molecule has 2 aromatic carbocycles. The van der Waals surface area contributed by atoms with Gasteiger partial charge in [-0.1, -0.05) is 30.3 Å². The molecule has 3 N–H and O–H groups in total. The Morgan fingerprint density at radius 2 is 1.68 bits per heavy atom. The van der Waals surface area contributed by atoms with Gasteiger partial charge in [0.1, 0.15) is 17.9 Å². The first-order valence-corrected chi connectivity index (χ1v) is 14.0. The molecule has 1 atom stereocenters. The molecule has 0 radical (unpaired) electrons. The maximum atomic E-state index is 12.2. The number of likely N-dealkylation sites (tertiary alicyclic amines) is 1. The molecule has 0 spiro atoms. The molecule has 1 saturated heterocycles. The quantitative estimate of drug-likeness (QED) is 0.303. The van der Waals surface area contributed by atoms with Crippen molar-refractivity contribution >= 4 is 23.0 Å². The average molecular weight is 540 g/mol. The van der Waals surface area contributed by atoms with Gasteiger partial charge in [0.05, 0.1) is 30.7 Å². The molecule has 208 valence electrons. The van der Waals surface area contributed by atoms with Gasteiger partial charge in [-0.15, -0.1) is 0 Å². The summed E-state index contributed by atoms with van der Waals surface area (Å²) in [5, 5.41) is 0.719. The number of nitrogen functional groups attached to an aromatic ring is 1. The number of methoxy groups -OCH3 is 2. The fourth-order valence-corrected chi connectivity index (χ4v) is 7.15. The third-order valence-corrected chi connectivity index (χ3v) is 9.78. The lowest BCUT2D eigenvalue weighted by Gasteiger charge is -2.56. The molecule has 2 aromatic heterocycles.